The van der Waals surface area contributed by atoms with Crippen molar-refractivity contribution in [2.45, 2.75) is 12.5 Å². The van der Waals surface area contributed by atoms with Crippen LogP contribution in [0.2, 0.25) is 5.02 Å². The van der Waals surface area contributed by atoms with E-state index >= 15 is 0 Å². The summed E-state index contributed by atoms with van der Waals surface area (Å²) in [5.41, 5.74) is 1.14. The molecule has 0 aliphatic carbocycles. The van der Waals surface area contributed by atoms with E-state index in [1.54, 1.807) is 0 Å². The molecule has 0 bridgehead atoms. The van der Waals surface area contributed by atoms with Crippen molar-refractivity contribution in [3.8, 4) is 0 Å². The standard InChI is InChI=1S/C14H20BrClN2OS/c1-17-14(12-3-2-11(15)10-13(12)16)4-5-18-6-8-20(19)9-7-18/h2-3,10,14,17H,4-9H2,1H3. The SMILES string of the molecule is CNC(CCN1CCS(=O)CC1)c1ccc(Br)cc1Cl. The highest BCUT2D eigenvalue weighted by atomic mass is 79.9. The van der Waals surface area contributed by atoms with Crippen molar-refractivity contribution in [2.75, 3.05) is 38.2 Å². The molecule has 1 aliphatic rings. The first kappa shape index (κ1) is 16.4. The zero-order valence-corrected chi connectivity index (χ0v) is 14.7. The second kappa shape index (κ2) is 7.90. The first-order chi connectivity index (χ1) is 9.60. The maximum absolute atomic E-state index is 11.4. The van der Waals surface area contributed by atoms with Gasteiger partial charge in [-0.15, -0.1) is 0 Å². The van der Waals surface area contributed by atoms with Crippen molar-refractivity contribution in [3.05, 3.63) is 33.3 Å². The van der Waals surface area contributed by atoms with E-state index in [1.807, 2.05) is 19.2 Å². The van der Waals surface area contributed by atoms with Crippen LogP contribution in [0.25, 0.3) is 0 Å². The van der Waals surface area contributed by atoms with Gasteiger partial charge in [0.2, 0.25) is 0 Å². The molecule has 0 aromatic heterocycles. The number of hydrogen-bond acceptors (Lipinski definition) is 3. The van der Waals surface area contributed by atoms with Crippen LogP contribution in [0, 0.1) is 0 Å². The predicted octanol–water partition coefficient (Wildman–Crippen LogP) is 2.82. The smallest absolute Gasteiger partial charge is 0.0465 e. The fourth-order valence-corrected chi connectivity index (χ4v) is 4.38. The molecule has 0 spiro atoms. The number of hydrogen-bond donors (Lipinski definition) is 1. The van der Waals surface area contributed by atoms with Gasteiger partial charge in [0, 0.05) is 57.5 Å². The molecule has 1 unspecified atom stereocenters. The highest BCUT2D eigenvalue weighted by Crippen LogP contribution is 2.28. The van der Waals surface area contributed by atoms with E-state index in [0.717, 1.165) is 52.6 Å². The molecule has 112 valence electrons. The summed E-state index contributed by atoms with van der Waals surface area (Å²) >= 11 is 9.75. The highest BCUT2D eigenvalue weighted by molar-refractivity contribution is 9.10. The molecular formula is C14H20BrClN2OS. The maximum atomic E-state index is 11.4. The summed E-state index contributed by atoms with van der Waals surface area (Å²) in [7, 11) is 1.36. The van der Waals surface area contributed by atoms with E-state index < -0.39 is 10.8 Å². The summed E-state index contributed by atoms with van der Waals surface area (Å²) in [4.78, 5) is 2.39. The van der Waals surface area contributed by atoms with E-state index in [2.05, 4.69) is 32.2 Å². The van der Waals surface area contributed by atoms with Gasteiger partial charge in [-0.25, -0.2) is 0 Å². The number of nitrogens with one attached hydrogen (secondary N) is 1. The van der Waals surface area contributed by atoms with Crippen LogP contribution >= 0.6 is 27.5 Å². The molecule has 1 aromatic rings. The van der Waals surface area contributed by atoms with Crippen molar-refractivity contribution in [2.24, 2.45) is 0 Å². The fourth-order valence-electron chi connectivity index (χ4n) is 2.45. The van der Waals surface area contributed by atoms with Crippen molar-refractivity contribution in [1.29, 1.82) is 0 Å². The van der Waals surface area contributed by atoms with Crippen LogP contribution < -0.4 is 5.32 Å². The topological polar surface area (TPSA) is 32.3 Å². The summed E-state index contributed by atoms with van der Waals surface area (Å²) in [5, 5.41) is 4.13. The second-order valence-electron chi connectivity index (χ2n) is 4.99. The van der Waals surface area contributed by atoms with Gasteiger partial charge in [-0.2, -0.15) is 0 Å². The number of benzene rings is 1. The number of nitrogens with zero attached hydrogens (tertiary/aromatic N) is 1. The Hall–Kier alpha value is 0.0600. The molecule has 1 aliphatic heterocycles. The van der Waals surface area contributed by atoms with Gasteiger partial charge >= 0.3 is 0 Å². The van der Waals surface area contributed by atoms with Gasteiger partial charge in [0.1, 0.15) is 0 Å². The van der Waals surface area contributed by atoms with Crippen LogP contribution in [0.5, 0.6) is 0 Å². The molecule has 0 amide bonds. The summed E-state index contributed by atoms with van der Waals surface area (Å²) in [6.07, 6.45) is 1.00. The maximum Gasteiger partial charge on any atom is 0.0465 e. The zero-order chi connectivity index (χ0) is 14.5. The number of halogens is 2. The minimum Gasteiger partial charge on any atom is -0.313 e. The first-order valence-electron chi connectivity index (χ1n) is 6.79. The molecule has 1 heterocycles. The molecule has 1 atom stereocenters. The van der Waals surface area contributed by atoms with Crippen LogP contribution in [-0.2, 0) is 10.8 Å². The molecule has 1 N–H and O–H groups in total. The normalized spacial score (nSPS) is 19.1. The summed E-state index contributed by atoms with van der Waals surface area (Å²) < 4.78 is 12.4. The molecule has 0 radical (unpaired) electrons. The van der Waals surface area contributed by atoms with Gasteiger partial charge in [0.25, 0.3) is 0 Å². The van der Waals surface area contributed by atoms with Crippen LogP contribution in [-0.4, -0.2) is 47.3 Å². The van der Waals surface area contributed by atoms with Crippen LogP contribution in [0.3, 0.4) is 0 Å². The summed E-state index contributed by atoms with van der Waals surface area (Å²) in [6.45, 7) is 2.89. The van der Waals surface area contributed by atoms with Crippen molar-refractivity contribution in [3.63, 3.8) is 0 Å². The third-order valence-corrected chi connectivity index (χ3v) is 5.79. The lowest BCUT2D eigenvalue weighted by atomic mass is 10.0. The average molecular weight is 380 g/mol. The van der Waals surface area contributed by atoms with Crippen LogP contribution in [0.15, 0.2) is 22.7 Å². The Bertz CT molecular complexity index is 476. The molecule has 3 nitrogen and oxygen atoms in total. The Morgan fingerprint density at radius 1 is 1.45 bits per heavy atom. The Kier molecular flexibility index (Phi) is 6.49. The van der Waals surface area contributed by atoms with Crippen molar-refractivity contribution >= 4 is 38.3 Å². The fraction of sp³-hybridized carbons (Fsp3) is 0.571. The Morgan fingerprint density at radius 2 is 2.15 bits per heavy atom. The number of rotatable bonds is 5. The van der Waals surface area contributed by atoms with Gasteiger partial charge in [-0.3, -0.25) is 4.21 Å². The summed E-state index contributed by atoms with van der Waals surface area (Å²) in [5.74, 6) is 1.62. The van der Waals surface area contributed by atoms with Gasteiger partial charge in [0.05, 0.1) is 0 Å². The molecule has 1 fully saturated rings. The quantitative estimate of drug-likeness (QED) is 0.854. The van der Waals surface area contributed by atoms with E-state index in [0.29, 0.717) is 0 Å². The second-order valence-corrected chi connectivity index (χ2v) is 8.00. The highest BCUT2D eigenvalue weighted by Gasteiger charge is 2.18. The third kappa shape index (κ3) is 4.53. The van der Waals surface area contributed by atoms with Gasteiger partial charge in [-0.1, -0.05) is 33.6 Å². The molecular weight excluding hydrogens is 360 g/mol. The first-order valence-corrected chi connectivity index (χ1v) is 9.45. The molecule has 1 aromatic carbocycles. The minimum atomic E-state index is -0.603. The van der Waals surface area contributed by atoms with E-state index in [-0.39, 0.29) is 6.04 Å². The average Bonchev–Trinajstić information content (AvgIpc) is 2.43. The van der Waals surface area contributed by atoms with Crippen molar-refractivity contribution in [1.82, 2.24) is 10.2 Å². The molecule has 1 saturated heterocycles. The lowest BCUT2D eigenvalue weighted by Gasteiger charge is -2.28. The largest absolute Gasteiger partial charge is 0.313 e. The van der Waals surface area contributed by atoms with Crippen molar-refractivity contribution < 1.29 is 4.21 Å². The third-order valence-electron chi connectivity index (χ3n) is 3.69. The minimum absolute atomic E-state index is 0.253. The van der Waals surface area contributed by atoms with Crippen LogP contribution in [0.1, 0.15) is 18.0 Å². The van der Waals surface area contributed by atoms with E-state index in [1.165, 1.54) is 0 Å². The molecule has 6 heteroatoms. The Morgan fingerprint density at radius 3 is 2.75 bits per heavy atom. The molecule has 2 rings (SSSR count). The van der Waals surface area contributed by atoms with E-state index in [4.69, 9.17) is 11.6 Å². The predicted molar refractivity (Wildman–Crippen MR) is 89.9 cm³/mol. The van der Waals surface area contributed by atoms with Crippen LogP contribution in [0.4, 0.5) is 0 Å². The lowest BCUT2D eigenvalue weighted by molar-refractivity contribution is 0.281. The van der Waals surface area contributed by atoms with Gasteiger partial charge in [0.15, 0.2) is 0 Å². The van der Waals surface area contributed by atoms with E-state index in [9.17, 15) is 4.21 Å². The van der Waals surface area contributed by atoms with Gasteiger partial charge < -0.3 is 10.2 Å². The molecule has 0 saturated carbocycles. The Balaban J connectivity index is 1.93. The zero-order valence-electron chi connectivity index (χ0n) is 11.6. The molecule has 20 heavy (non-hydrogen) atoms. The lowest BCUT2D eigenvalue weighted by Crippen LogP contribution is -2.39. The monoisotopic (exact) mass is 378 g/mol. The summed E-state index contributed by atoms with van der Waals surface area (Å²) in [6, 6.07) is 6.28. The van der Waals surface area contributed by atoms with Gasteiger partial charge in [-0.05, 0) is 31.2 Å². The Labute approximate surface area is 136 Å².